The van der Waals surface area contributed by atoms with Crippen LogP contribution in [0.3, 0.4) is 0 Å². The van der Waals surface area contributed by atoms with Crippen molar-refractivity contribution >= 4 is 23.5 Å². The molecule has 0 spiro atoms. The molecule has 6 heteroatoms. The zero-order valence-electron chi connectivity index (χ0n) is 14.1. The van der Waals surface area contributed by atoms with E-state index in [1.165, 1.54) is 17.2 Å². The van der Waals surface area contributed by atoms with E-state index in [4.69, 9.17) is 9.15 Å². The molecule has 1 aromatic heterocycles. The van der Waals surface area contributed by atoms with E-state index in [0.717, 1.165) is 0 Å². The summed E-state index contributed by atoms with van der Waals surface area (Å²) >= 11 is 0. The van der Waals surface area contributed by atoms with Gasteiger partial charge in [-0.3, -0.25) is 14.5 Å². The molecule has 6 nitrogen and oxygen atoms in total. The first kappa shape index (κ1) is 16.3. The molecule has 26 heavy (non-hydrogen) atoms. The number of esters is 1. The SMILES string of the molecule is C[C@@H]1C=CC[C@@H]2C(=O)N(c3ccc(OC(=O)c4ccco4)cc3)C(=O)[C@H]12. The Morgan fingerprint density at radius 3 is 2.58 bits per heavy atom. The number of rotatable bonds is 3. The van der Waals surface area contributed by atoms with E-state index in [-0.39, 0.29) is 35.3 Å². The Kier molecular flexibility index (Phi) is 3.95. The number of imide groups is 1. The molecule has 1 aliphatic carbocycles. The fraction of sp³-hybridized carbons (Fsp3) is 0.250. The van der Waals surface area contributed by atoms with E-state index < -0.39 is 5.97 Å². The molecule has 2 aromatic rings. The van der Waals surface area contributed by atoms with Gasteiger partial charge in [-0.15, -0.1) is 0 Å². The summed E-state index contributed by atoms with van der Waals surface area (Å²) in [6.45, 7) is 1.96. The minimum absolute atomic E-state index is 0.0451. The first-order chi connectivity index (χ1) is 12.6. The van der Waals surface area contributed by atoms with Crippen molar-refractivity contribution in [1.82, 2.24) is 0 Å². The van der Waals surface area contributed by atoms with Gasteiger partial charge in [0.05, 0.1) is 23.8 Å². The Morgan fingerprint density at radius 2 is 1.92 bits per heavy atom. The van der Waals surface area contributed by atoms with Gasteiger partial charge in [0.15, 0.2) is 0 Å². The van der Waals surface area contributed by atoms with E-state index in [0.29, 0.717) is 17.9 Å². The number of furan rings is 1. The second-order valence-electron chi connectivity index (χ2n) is 6.53. The van der Waals surface area contributed by atoms with Crippen LogP contribution in [0.1, 0.15) is 23.9 Å². The van der Waals surface area contributed by atoms with Crippen molar-refractivity contribution in [3.8, 4) is 5.75 Å². The van der Waals surface area contributed by atoms with Crippen LogP contribution in [0, 0.1) is 17.8 Å². The number of hydrogen-bond donors (Lipinski definition) is 0. The maximum Gasteiger partial charge on any atom is 0.379 e. The van der Waals surface area contributed by atoms with Gasteiger partial charge < -0.3 is 9.15 Å². The van der Waals surface area contributed by atoms with Crippen molar-refractivity contribution in [1.29, 1.82) is 0 Å². The summed E-state index contributed by atoms with van der Waals surface area (Å²) in [7, 11) is 0. The van der Waals surface area contributed by atoms with Gasteiger partial charge in [-0.2, -0.15) is 0 Å². The van der Waals surface area contributed by atoms with E-state index >= 15 is 0 Å². The van der Waals surface area contributed by atoms with Crippen LogP contribution in [0.5, 0.6) is 5.75 Å². The van der Waals surface area contributed by atoms with Crippen LogP contribution in [-0.2, 0) is 9.59 Å². The second kappa shape index (κ2) is 6.29. The van der Waals surface area contributed by atoms with Gasteiger partial charge in [-0.05, 0) is 48.7 Å². The first-order valence-corrected chi connectivity index (χ1v) is 8.46. The van der Waals surface area contributed by atoms with Crippen molar-refractivity contribution in [2.75, 3.05) is 4.90 Å². The zero-order chi connectivity index (χ0) is 18.3. The molecule has 132 valence electrons. The molecular weight excluding hydrogens is 334 g/mol. The van der Waals surface area contributed by atoms with Gasteiger partial charge in [0.1, 0.15) is 5.75 Å². The Labute approximate surface area is 150 Å². The molecule has 2 aliphatic rings. The molecule has 0 bridgehead atoms. The average molecular weight is 351 g/mol. The maximum absolute atomic E-state index is 12.8. The Bertz CT molecular complexity index is 881. The summed E-state index contributed by atoms with van der Waals surface area (Å²) in [6, 6.07) is 9.43. The summed E-state index contributed by atoms with van der Waals surface area (Å²) in [5, 5.41) is 0. The molecule has 1 aromatic carbocycles. The lowest BCUT2D eigenvalue weighted by Gasteiger charge is -2.22. The van der Waals surface area contributed by atoms with E-state index in [1.54, 1.807) is 30.3 Å². The van der Waals surface area contributed by atoms with Crippen LogP contribution >= 0.6 is 0 Å². The molecule has 4 rings (SSSR count). The minimum atomic E-state index is -0.609. The smallest absolute Gasteiger partial charge is 0.379 e. The van der Waals surface area contributed by atoms with Crippen molar-refractivity contribution in [3.63, 3.8) is 0 Å². The van der Waals surface area contributed by atoms with Crippen LogP contribution in [0.25, 0.3) is 0 Å². The number of carbonyl (C=O) groups excluding carboxylic acids is 3. The van der Waals surface area contributed by atoms with Gasteiger partial charge in [0.25, 0.3) is 0 Å². The van der Waals surface area contributed by atoms with Crippen LogP contribution in [0.2, 0.25) is 0 Å². The number of allylic oxidation sites excluding steroid dienone is 2. The number of fused-ring (bicyclic) bond motifs is 1. The minimum Gasteiger partial charge on any atom is -0.457 e. The van der Waals surface area contributed by atoms with Crippen LogP contribution in [0.4, 0.5) is 5.69 Å². The quantitative estimate of drug-likeness (QED) is 0.367. The van der Waals surface area contributed by atoms with Gasteiger partial charge >= 0.3 is 5.97 Å². The summed E-state index contributed by atoms with van der Waals surface area (Å²) in [4.78, 5) is 38.6. The number of amides is 2. The van der Waals surface area contributed by atoms with Crippen molar-refractivity contribution in [2.24, 2.45) is 17.8 Å². The standard InChI is InChI=1S/C20H17NO5/c1-12-4-2-5-15-17(12)19(23)21(18(15)22)13-7-9-14(10-8-13)26-20(24)16-6-3-11-25-16/h2-4,6-12,15,17H,5H2,1H3/t12-,15+,17-/m1/s1. The van der Waals surface area contributed by atoms with Gasteiger partial charge in [-0.25, -0.2) is 4.79 Å². The van der Waals surface area contributed by atoms with Crippen molar-refractivity contribution in [3.05, 3.63) is 60.6 Å². The molecule has 0 saturated carbocycles. The summed E-state index contributed by atoms with van der Waals surface area (Å²) in [5.41, 5.74) is 0.486. The number of nitrogens with zero attached hydrogens (tertiary/aromatic N) is 1. The van der Waals surface area contributed by atoms with Crippen LogP contribution < -0.4 is 9.64 Å². The maximum atomic E-state index is 12.8. The highest BCUT2D eigenvalue weighted by Crippen LogP contribution is 2.40. The Morgan fingerprint density at radius 1 is 1.15 bits per heavy atom. The van der Waals surface area contributed by atoms with E-state index in [2.05, 4.69) is 0 Å². The van der Waals surface area contributed by atoms with Crippen LogP contribution in [-0.4, -0.2) is 17.8 Å². The molecule has 2 heterocycles. The molecule has 0 radical (unpaired) electrons. The normalized spacial score (nSPS) is 24.7. The second-order valence-corrected chi connectivity index (χ2v) is 6.53. The fourth-order valence-corrected chi connectivity index (χ4v) is 3.62. The zero-order valence-corrected chi connectivity index (χ0v) is 14.1. The largest absolute Gasteiger partial charge is 0.457 e. The Balaban J connectivity index is 1.53. The van der Waals surface area contributed by atoms with Crippen molar-refractivity contribution < 1.29 is 23.5 Å². The lowest BCUT2D eigenvalue weighted by molar-refractivity contribution is -0.122. The highest BCUT2D eigenvalue weighted by atomic mass is 16.5. The average Bonchev–Trinajstić information content (AvgIpc) is 3.25. The first-order valence-electron chi connectivity index (χ1n) is 8.46. The number of ether oxygens (including phenoxy) is 1. The lowest BCUT2D eigenvalue weighted by atomic mass is 9.78. The highest BCUT2D eigenvalue weighted by molar-refractivity contribution is 6.22. The molecule has 0 N–H and O–H groups in total. The van der Waals surface area contributed by atoms with Crippen molar-refractivity contribution in [2.45, 2.75) is 13.3 Å². The number of benzene rings is 1. The van der Waals surface area contributed by atoms with Crippen LogP contribution in [0.15, 0.2) is 59.2 Å². The van der Waals surface area contributed by atoms with Gasteiger partial charge in [0.2, 0.25) is 17.6 Å². The number of anilines is 1. The summed E-state index contributed by atoms with van der Waals surface area (Å²) < 4.78 is 10.2. The third kappa shape index (κ3) is 2.63. The molecule has 2 amide bonds. The van der Waals surface area contributed by atoms with Gasteiger partial charge in [0, 0.05) is 0 Å². The predicted octanol–water partition coefficient (Wildman–Crippen LogP) is 3.20. The number of carbonyl (C=O) groups is 3. The molecule has 3 atom stereocenters. The molecular formula is C20H17NO5. The fourth-order valence-electron chi connectivity index (χ4n) is 3.62. The number of hydrogen-bond acceptors (Lipinski definition) is 5. The van der Waals surface area contributed by atoms with E-state index in [9.17, 15) is 14.4 Å². The summed E-state index contributed by atoms with van der Waals surface area (Å²) in [5.74, 6) is -1.09. The molecule has 1 saturated heterocycles. The predicted molar refractivity (Wildman–Crippen MR) is 92.5 cm³/mol. The molecule has 0 unspecified atom stereocenters. The van der Waals surface area contributed by atoms with Gasteiger partial charge in [-0.1, -0.05) is 19.1 Å². The highest BCUT2D eigenvalue weighted by Gasteiger charge is 2.50. The Hall–Kier alpha value is -3.15. The van der Waals surface area contributed by atoms with E-state index in [1.807, 2.05) is 19.1 Å². The monoisotopic (exact) mass is 351 g/mol. The third-order valence-electron chi connectivity index (χ3n) is 4.90. The third-order valence-corrected chi connectivity index (χ3v) is 4.90. The molecule has 1 fully saturated rings. The summed E-state index contributed by atoms with van der Waals surface area (Å²) in [6.07, 6.45) is 5.94. The molecule has 1 aliphatic heterocycles. The topological polar surface area (TPSA) is 76.8 Å². The lowest BCUT2D eigenvalue weighted by Crippen LogP contribution is -2.31.